The highest BCUT2D eigenvalue weighted by Crippen LogP contribution is 2.22. The Morgan fingerprint density at radius 2 is 1.94 bits per heavy atom. The average Bonchev–Trinajstić information content (AvgIpc) is 2.37. The molecule has 1 rings (SSSR count). The maximum Gasteiger partial charge on any atom is 0.124 e. The molecule has 1 nitrogen and oxygen atoms in total. The maximum absolute atomic E-state index is 13.0. The van der Waals surface area contributed by atoms with Crippen molar-refractivity contribution in [1.82, 2.24) is 5.32 Å². The van der Waals surface area contributed by atoms with Crippen molar-refractivity contribution in [3.63, 3.8) is 0 Å². The summed E-state index contributed by atoms with van der Waals surface area (Å²) in [6.45, 7) is 4.46. The second-order valence-electron chi connectivity index (χ2n) is 4.84. The van der Waals surface area contributed by atoms with Crippen molar-refractivity contribution < 1.29 is 4.39 Å². The Morgan fingerprint density at radius 1 is 1.28 bits per heavy atom. The Balaban J connectivity index is 2.67. The van der Waals surface area contributed by atoms with Gasteiger partial charge in [-0.05, 0) is 43.5 Å². The van der Waals surface area contributed by atoms with Crippen LogP contribution >= 0.6 is 11.6 Å². The predicted octanol–water partition coefficient (Wildman–Crippen LogP) is 4.44. The van der Waals surface area contributed by atoms with E-state index in [1.54, 1.807) is 6.07 Å². The monoisotopic (exact) mass is 271 g/mol. The lowest BCUT2D eigenvalue weighted by atomic mass is 9.91. The van der Waals surface area contributed by atoms with Gasteiger partial charge in [-0.2, -0.15) is 0 Å². The summed E-state index contributed by atoms with van der Waals surface area (Å²) in [6, 6.07) is 5.05. The molecule has 18 heavy (non-hydrogen) atoms. The predicted molar refractivity (Wildman–Crippen MR) is 76.7 cm³/mol. The van der Waals surface area contributed by atoms with Crippen LogP contribution in [0.25, 0.3) is 0 Å². The van der Waals surface area contributed by atoms with Crippen LogP contribution in [0.2, 0.25) is 5.02 Å². The molecule has 0 aliphatic heterocycles. The molecule has 0 bridgehead atoms. The molecule has 1 aromatic rings. The van der Waals surface area contributed by atoms with Crippen molar-refractivity contribution in [3.05, 3.63) is 34.6 Å². The number of rotatable bonds is 7. The van der Waals surface area contributed by atoms with Gasteiger partial charge in [0.05, 0.1) is 0 Å². The van der Waals surface area contributed by atoms with Crippen LogP contribution in [0, 0.1) is 11.7 Å². The van der Waals surface area contributed by atoms with E-state index in [1.165, 1.54) is 25.0 Å². The van der Waals surface area contributed by atoms with Crippen LogP contribution in [0.3, 0.4) is 0 Å². The van der Waals surface area contributed by atoms with Crippen molar-refractivity contribution in [2.45, 2.75) is 45.6 Å². The van der Waals surface area contributed by atoms with Crippen LogP contribution in [0.1, 0.15) is 38.7 Å². The van der Waals surface area contributed by atoms with Gasteiger partial charge in [0.2, 0.25) is 0 Å². The molecule has 0 radical (unpaired) electrons. The quantitative estimate of drug-likeness (QED) is 0.773. The molecule has 3 heteroatoms. The third-order valence-corrected chi connectivity index (χ3v) is 4.01. The van der Waals surface area contributed by atoms with E-state index in [4.69, 9.17) is 11.6 Å². The number of benzene rings is 1. The summed E-state index contributed by atoms with van der Waals surface area (Å²) in [7, 11) is 1.98. The first-order chi connectivity index (χ1) is 8.60. The maximum atomic E-state index is 13.0. The molecule has 0 saturated carbocycles. The van der Waals surface area contributed by atoms with E-state index in [0.717, 1.165) is 24.3 Å². The average molecular weight is 272 g/mol. The summed E-state index contributed by atoms with van der Waals surface area (Å²) in [4.78, 5) is 0. The molecular formula is C15H23ClFN. The molecule has 0 heterocycles. The van der Waals surface area contributed by atoms with Gasteiger partial charge in [0.25, 0.3) is 0 Å². The first-order valence-electron chi connectivity index (χ1n) is 6.71. The Kier molecular flexibility index (Phi) is 6.66. The van der Waals surface area contributed by atoms with Gasteiger partial charge in [0.1, 0.15) is 5.82 Å². The molecular weight excluding hydrogens is 249 g/mol. The topological polar surface area (TPSA) is 12.0 Å². The summed E-state index contributed by atoms with van der Waals surface area (Å²) in [6.07, 6.45) is 4.39. The Labute approximate surface area is 115 Å². The molecule has 0 spiro atoms. The number of likely N-dealkylation sites (N-methyl/N-ethyl adjacent to an activating group) is 1. The number of halogens is 2. The van der Waals surface area contributed by atoms with Crippen molar-refractivity contribution in [2.24, 2.45) is 5.92 Å². The first-order valence-corrected chi connectivity index (χ1v) is 7.09. The zero-order valence-corrected chi connectivity index (χ0v) is 12.2. The van der Waals surface area contributed by atoms with E-state index in [-0.39, 0.29) is 5.82 Å². The zero-order valence-electron chi connectivity index (χ0n) is 11.5. The molecule has 0 amide bonds. The summed E-state index contributed by atoms with van der Waals surface area (Å²) < 4.78 is 13.0. The molecule has 0 aliphatic rings. The van der Waals surface area contributed by atoms with E-state index in [2.05, 4.69) is 19.2 Å². The number of nitrogens with one attached hydrogen (secondary N) is 1. The fourth-order valence-corrected chi connectivity index (χ4v) is 2.52. The van der Waals surface area contributed by atoms with Gasteiger partial charge in [0.15, 0.2) is 0 Å². The van der Waals surface area contributed by atoms with Crippen LogP contribution in [0.4, 0.5) is 4.39 Å². The summed E-state index contributed by atoms with van der Waals surface area (Å²) in [5.41, 5.74) is 1.02. The minimum Gasteiger partial charge on any atom is -0.317 e. The van der Waals surface area contributed by atoms with E-state index in [0.29, 0.717) is 11.1 Å². The van der Waals surface area contributed by atoms with Crippen LogP contribution in [-0.4, -0.2) is 13.1 Å². The fourth-order valence-electron chi connectivity index (χ4n) is 2.28. The highest BCUT2D eigenvalue weighted by molar-refractivity contribution is 6.31. The summed E-state index contributed by atoms with van der Waals surface area (Å²) in [5.74, 6) is 0.464. The van der Waals surface area contributed by atoms with Crippen molar-refractivity contribution in [2.75, 3.05) is 7.05 Å². The lowest BCUT2D eigenvalue weighted by Crippen LogP contribution is -2.30. The van der Waals surface area contributed by atoms with Gasteiger partial charge >= 0.3 is 0 Å². The molecule has 0 fully saturated rings. The second-order valence-corrected chi connectivity index (χ2v) is 5.25. The van der Waals surface area contributed by atoms with Crippen LogP contribution in [0.5, 0.6) is 0 Å². The summed E-state index contributed by atoms with van der Waals surface area (Å²) in [5, 5.41) is 3.87. The molecule has 1 unspecified atom stereocenters. The fraction of sp³-hybridized carbons (Fsp3) is 0.600. The molecule has 102 valence electrons. The van der Waals surface area contributed by atoms with Crippen molar-refractivity contribution in [3.8, 4) is 0 Å². The second kappa shape index (κ2) is 7.75. The van der Waals surface area contributed by atoms with E-state index in [1.807, 2.05) is 7.05 Å². The molecule has 1 atom stereocenters. The SMILES string of the molecule is CCC(CC)CC(Cc1ccc(F)cc1Cl)NC. The third kappa shape index (κ3) is 4.58. The molecule has 1 N–H and O–H groups in total. The van der Waals surface area contributed by atoms with E-state index < -0.39 is 0 Å². The zero-order chi connectivity index (χ0) is 13.5. The van der Waals surface area contributed by atoms with E-state index >= 15 is 0 Å². The minimum absolute atomic E-state index is 0.273. The standard InChI is InChI=1S/C15H23ClFN/c1-4-11(5-2)8-14(18-3)9-12-6-7-13(17)10-15(12)16/h6-7,10-11,14,18H,4-5,8-9H2,1-3H3. The Hall–Kier alpha value is -0.600. The van der Waals surface area contributed by atoms with Crippen LogP contribution < -0.4 is 5.32 Å². The van der Waals surface area contributed by atoms with Gasteiger partial charge in [-0.1, -0.05) is 44.4 Å². The largest absolute Gasteiger partial charge is 0.317 e. The molecule has 0 aliphatic carbocycles. The number of hydrogen-bond acceptors (Lipinski definition) is 1. The number of hydrogen-bond donors (Lipinski definition) is 1. The molecule has 0 saturated heterocycles. The van der Waals surface area contributed by atoms with Crippen LogP contribution in [-0.2, 0) is 6.42 Å². The highest BCUT2D eigenvalue weighted by Gasteiger charge is 2.14. The van der Waals surface area contributed by atoms with Gasteiger partial charge < -0.3 is 5.32 Å². The van der Waals surface area contributed by atoms with Gasteiger partial charge in [-0.3, -0.25) is 0 Å². The summed E-state index contributed by atoms with van der Waals surface area (Å²) >= 11 is 6.07. The smallest absolute Gasteiger partial charge is 0.124 e. The lowest BCUT2D eigenvalue weighted by molar-refractivity contribution is 0.377. The van der Waals surface area contributed by atoms with E-state index in [9.17, 15) is 4.39 Å². The third-order valence-electron chi connectivity index (χ3n) is 3.66. The lowest BCUT2D eigenvalue weighted by Gasteiger charge is -2.22. The van der Waals surface area contributed by atoms with Crippen molar-refractivity contribution >= 4 is 11.6 Å². The minimum atomic E-state index is -0.273. The van der Waals surface area contributed by atoms with Crippen LogP contribution in [0.15, 0.2) is 18.2 Å². The highest BCUT2D eigenvalue weighted by atomic mass is 35.5. The normalized spacial score (nSPS) is 13.0. The molecule has 1 aromatic carbocycles. The Bertz CT molecular complexity index is 364. The molecule has 0 aromatic heterocycles. The van der Waals surface area contributed by atoms with Gasteiger partial charge in [-0.25, -0.2) is 4.39 Å². The Morgan fingerprint density at radius 3 is 2.44 bits per heavy atom. The van der Waals surface area contributed by atoms with Crippen molar-refractivity contribution in [1.29, 1.82) is 0 Å². The first kappa shape index (κ1) is 15.5. The van der Waals surface area contributed by atoms with Gasteiger partial charge in [0, 0.05) is 11.1 Å². The van der Waals surface area contributed by atoms with Gasteiger partial charge in [-0.15, -0.1) is 0 Å².